The van der Waals surface area contributed by atoms with Crippen molar-refractivity contribution in [3.63, 3.8) is 0 Å². The topological polar surface area (TPSA) is 99.8 Å². The molecule has 1 fully saturated rings. The molecule has 0 aliphatic heterocycles. The van der Waals surface area contributed by atoms with Crippen LogP contribution in [-0.2, 0) is 12.8 Å². The van der Waals surface area contributed by atoms with E-state index in [-0.39, 0.29) is 23.9 Å². The number of amides is 2. The number of carbonyl (C=O) groups excluding carboxylic acids is 2. The second-order valence-corrected chi connectivity index (χ2v) is 8.81. The first-order chi connectivity index (χ1) is 14.2. The second-order valence-electron chi connectivity index (χ2n) is 7.93. The van der Waals surface area contributed by atoms with Crippen molar-refractivity contribution in [2.75, 3.05) is 0 Å². The van der Waals surface area contributed by atoms with Crippen LogP contribution >= 0.6 is 11.3 Å². The van der Waals surface area contributed by atoms with Crippen LogP contribution in [0.2, 0.25) is 0 Å². The third-order valence-corrected chi connectivity index (χ3v) is 6.76. The zero-order valence-corrected chi connectivity index (χ0v) is 16.8. The van der Waals surface area contributed by atoms with Crippen molar-refractivity contribution in [2.24, 2.45) is 0 Å². The first-order valence-electron chi connectivity index (χ1n) is 10.2. The minimum absolute atomic E-state index is 0.0627. The van der Waals surface area contributed by atoms with E-state index in [0.29, 0.717) is 11.3 Å². The van der Waals surface area contributed by atoms with Crippen LogP contribution in [0.5, 0.6) is 0 Å². The molecule has 3 aromatic rings. The molecular formula is C21H23N5O2S. The second kappa shape index (κ2) is 7.59. The van der Waals surface area contributed by atoms with Crippen LogP contribution in [0, 0.1) is 0 Å². The Morgan fingerprint density at radius 2 is 1.86 bits per heavy atom. The number of nitrogens with zero attached hydrogens (tertiary/aromatic N) is 2. The Hall–Kier alpha value is -2.74. The molecule has 0 saturated heterocycles. The van der Waals surface area contributed by atoms with Crippen LogP contribution in [0.15, 0.2) is 23.7 Å². The minimum atomic E-state index is -0.1000. The molecule has 2 amide bonds. The molecule has 3 N–H and O–H groups in total. The Morgan fingerprint density at radius 1 is 1.07 bits per heavy atom. The summed E-state index contributed by atoms with van der Waals surface area (Å²) in [6.07, 6.45) is 6.61. The molecule has 8 heteroatoms. The van der Waals surface area contributed by atoms with Gasteiger partial charge in [0.15, 0.2) is 5.69 Å². The number of rotatable bonds is 4. The van der Waals surface area contributed by atoms with Crippen molar-refractivity contribution < 1.29 is 9.59 Å². The quantitative estimate of drug-likeness (QED) is 0.617. The van der Waals surface area contributed by atoms with Crippen LogP contribution in [0.3, 0.4) is 0 Å². The van der Waals surface area contributed by atoms with Gasteiger partial charge in [0.2, 0.25) is 0 Å². The van der Waals surface area contributed by atoms with Gasteiger partial charge in [-0.2, -0.15) is 5.10 Å². The first-order valence-corrected chi connectivity index (χ1v) is 11.1. The van der Waals surface area contributed by atoms with Crippen molar-refractivity contribution in [2.45, 2.75) is 57.0 Å². The van der Waals surface area contributed by atoms with E-state index in [9.17, 15) is 9.59 Å². The standard InChI is InChI=1S/C21H23N5O2S/c27-20(12-5-8-17-18(9-12)29-11-22-17)23-13-6-7-14(10-13)24-21(28)19-15-3-1-2-4-16(15)25-26-19/h5,8-9,11,13-14H,1-4,6-7,10H2,(H,23,27)(H,24,28)(H,25,26)/t13-,14+/m1/s1. The highest BCUT2D eigenvalue weighted by molar-refractivity contribution is 7.16. The number of hydrogen-bond donors (Lipinski definition) is 3. The van der Waals surface area contributed by atoms with Gasteiger partial charge in [0.05, 0.1) is 15.7 Å². The summed E-state index contributed by atoms with van der Waals surface area (Å²) in [4.78, 5) is 29.6. The van der Waals surface area contributed by atoms with Gasteiger partial charge < -0.3 is 10.6 Å². The van der Waals surface area contributed by atoms with Gasteiger partial charge in [0, 0.05) is 28.9 Å². The smallest absolute Gasteiger partial charge is 0.272 e. The third-order valence-electron chi connectivity index (χ3n) is 5.97. The lowest BCUT2D eigenvalue weighted by atomic mass is 9.95. The summed E-state index contributed by atoms with van der Waals surface area (Å²) in [5, 5.41) is 13.5. The van der Waals surface area contributed by atoms with Crippen LogP contribution in [0.25, 0.3) is 10.2 Å². The highest BCUT2D eigenvalue weighted by Gasteiger charge is 2.29. The van der Waals surface area contributed by atoms with Gasteiger partial charge in [0.25, 0.3) is 11.8 Å². The lowest BCUT2D eigenvalue weighted by Gasteiger charge is -2.15. The van der Waals surface area contributed by atoms with E-state index in [0.717, 1.165) is 66.4 Å². The normalized spacial score (nSPS) is 21.1. The lowest BCUT2D eigenvalue weighted by Crippen LogP contribution is -2.37. The molecule has 150 valence electrons. The molecule has 0 bridgehead atoms. The maximum absolute atomic E-state index is 12.7. The van der Waals surface area contributed by atoms with E-state index >= 15 is 0 Å². The summed E-state index contributed by atoms with van der Waals surface area (Å²) in [6.45, 7) is 0. The summed E-state index contributed by atoms with van der Waals surface area (Å²) < 4.78 is 1.01. The number of hydrogen-bond acceptors (Lipinski definition) is 5. The van der Waals surface area contributed by atoms with Gasteiger partial charge in [-0.25, -0.2) is 4.98 Å². The van der Waals surface area contributed by atoms with Crippen LogP contribution < -0.4 is 10.6 Å². The van der Waals surface area contributed by atoms with E-state index in [1.165, 1.54) is 11.3 Å². The Kier molecular flexibility index (Phi) is 4.79. The number of aromatic amines is 1. The van der Waals surface area contributed by atoms with E-state index in [1.54, 1.807) is 5.51 Å². The fourth-order valence-electron chi connectivity index (χ4n) is 4.43. The summed E-state index contributed by atoms with van der Waals surface area (Å²) >= 11 is 1.53. The zero-order chi connectivity index (χ0) is 19.8. The summed E-state index contributed by atoms with van der Waals surface area (Å²) in [5.74, 6) is -0.171. The summed E-state index contributed by atoms with van der Waals surface area (Å²) in [6, 6.07) is 5.71. The molecule has 0 radical (unpaired) electrons. The SMILES string of the molecule is O=C(N[C@@H]1CC[C@H](NC(=O)c2n[nH]c3c2CCCC3)C1)c1ccc2ncsc2c1. The molecule has 5 rings (SSSR count). The number of thiazole rings is 1. The number of aryl methyl sites for hydroxylation is 1. The van der Waals surface area contributed by atoms with Crippen molar-refractivity contribution in [1.82, 2.24) is 25.8 Å². The van der Waals surface area contributed by atoms with Crippen LogP contribution in [0.1, 0.15) is 64.2 Å². The van der Waals surface area contributed by atoms with E-state index in [4.69, 9.17) is 0 Å². The highest BCUT2D eigenvalue weighted by Crippen LogP contribution is 2.24. The van der Waals surface area contributed by atoms with Crippen LogP contribution in [-0.4, -0.2) is 39.1 Å². The molecule has 2 heterocycles. The summed E-state index contributed by atoms with van der Waals surface area (Å²) in [7, 11) is 0. The first kappa shape index (κ1) is 18.3. The molecule has 0 spiro atoms. The minimum Gasteiger partial charge on any atom is -0.349 e. The maximum atomic E-state index is 12.7. The number of aromatic nitrogens is 3. The monoisotopic (exact) mass is 409 g/mol. The van der Waals surface area contributed by atoms with Crippen molar-refractivity contribution in [1.29, 1.82) is 0 Å². The molecule has 7 nitrogen and oxygen atoms in total. The fourth-order valence-corrected chi connectivity index (χ4v) is 5.15. The van der Waals surface area contributed by atoms with E-state index in [1.807, 2.05) is 18.2 Å². The molecule has 2 aromatic heterocycles. The Labute approximate surface area is 172 Å². The maximum Gasteiger partial charge on any atom is 0.272 e. The highest BCUT2D eigenvalue weighted by atomic mass is 32.1. The number of benzene rings is 1. The van der Waals surface area contributed by atoms with Crippen LogP contribution in [0.4, 0.5) is 0 Å². The predicted molar refractivity (Wildman–Crippen MR) is 111 cm³/mol. The Bertz CT molecular complexity index is 1070. The Balaban J connectivity index is 1.18. The van der Waals surface area contributed by atoms with Gasteiger partial charge in [-0.15, -0.1) is 11.3 Å². The fraction of sp³-hybridized carbons (Fsp3) is 0.429. The van der Waals surface area contributed by atoms with Gasteiger partial charge >= 0.3 is 0 Å². The predicted octanol–water partition coefficient (Wildman–Crippen LogP) is 2.98. The van der Waals surface area contributed by atoms with Gasteiger partial charge in [0.1, 0.15) is 0 Å². The average molecular weight is 410 g/mol. The van der Waals surface area contributed by atoms with Crippen molar-refractivity contribution in [3.05, 3.63) is 46.2 Å². The largest absolute Gasteiger partial charge is 0.349 e. The molecule has 29 heavy (non-hydrogen) atoms. The summed E-state index contributed by atoms with van der Waals surface area (Å²) in [5.41, 5.74) is 6.08. The number of carbonyl (C=O) groups is 2. The molecule has 0 unspecified atom stereocenters. The molecular weight excluding hydrogens is 386 g/mol. The van der Waals surface area contributed by atoms with Crippen molar-refractivity contribution in [3.8, 4) is 0 Å². The third kappa shape index (κ3) is 3.64. The van der Waals surface area contributed by atoms with E-state index < -0.39 is 0 Å². The number of H-pyrrole nitrogens is 1. The molecule has 2 atom stereocenters. The molecule has 1 saturated carbocycles. The average Bonchev–Trinajstić information content (AvgIpc) is 3.46. The number of nitrogens with one attached hydrogen (secondary N) is 3. The molecule has 2 aliphatic rings. The molecule has 2 aliphatic carbocycles. The Morgan fingerprint density at radius 3 is 2.72 bits per heavy atom. The van der Waals surface area contributed by atoms with Crippen molar-refractivity contribution >= 4 is 33.4 Å². The van der Waals surface area contributed by atoms with Gasteiger partial charge in [-0.1, -0.05) is 0 Å². The zero-order valence-electron chi connectivity index (χ0n) is 16.0. The van der Waals surface area contributed by atoms with Gasteiger partial charge in [-0.05, 0) is 63.1 Å². The molecule has 1 aromatic carbocycles. The van der Waals surface area contributed by atoms with E-state index in [2.05, 4.69) is 25.8 Å². The number of fused-ring (bicyclic) bond motifs is 2. The lowest BCUT2D eigenvalue weighted by molar-refractivity contribution is 0.0931. The van der Waals surface area contributed by atoms with Gasteiger partial charge in [-0.3, -0.25) is 14.7 Å².